The highest BCUT2D eigenvalue weighted by molar-refractivity contribution is 7.13. The molecule has 0 spiro atoms. The van der Waals surface area contributed by atoms with Crippen LogP contribution in [0.1, 0.15) is 31.4 Å². The van der Waals surface area contributed by atoms with E-state index in [0.717, 1.165) is 31.4 Å². The van der Waals surface area contributed by atoms with E-state index in [2.05, 4.69) is 15.6 Å². The van der Waals surface area contributed by atoms with Gasteiger partial charge in [0.2, 0.25) is 5.91 Å². The number of nitrogens with zero attached hydrogens (tertiary/aromatic N) is 1. The van der Waals surface area contributed by atoms with Gasteiger partial charge in [0.1, 0.15) is 12.2 Å². The van der Waals surface area contributed by atoms with Crippen LogP contribution in [0.2, 0.25) is 0 Å². The Morgan fingerprint density at radius 3 is 2.50 bits per heavy atom. The van der Waals surface area contributed by atoms with Crippen molar-refractivity contribution in [2.24, 2.45) is 0 Å². The van der Waals surface area contributed by atoms with Gasteiger partial charge in [-0.1, -0.05) is 0 Å². The Labute approximate surface area is 132 Å². The predicted octanol–water partition coefficient (Wildman–Crippen LogP) is 1.06. The van der Waals surface area contributed by atoms with Gasteiger partial charge in [-0.25, -0.2) is 4.98 Å². The zero-order valence-electron chi connectivity index (χ0n) is 12.2. The Morgan fingerprint density at radius 2 is 1.86 bits per heavy atom. The zero-order chi connectivity index (χ0) is 15.4. The molecule has 1 aromatic rings. The van der Waals surface area contributed by atoms with Gasteiger partial charge in [-0.3, -0.25) is 14.9 Å². The van der Waals surface area contributed by atoms with E-state index in [0.29, 0.717) is 24.9 Å². The predicted molar refractivity (Wildman–Crippen MR) is 80.5 cm³/mol. The molecule has 0 bridgehead atoms. The molecule has 2 N–H and O–H groups in total. The molecule has 22 heavy (non-hydrogen) atoms. The zero-order valence-corrected chi connectivity index (χ0v) is 13.0. The summed E-state index contributed by atoms with van der Waals surface area (Å²) in [6, 6.07) is 0. The highest BCUT2D eigenvalue weighted by atomic mass is 32.1. The second-order valence-electron chi connectivity index (χ2n) is 5.35. The molecule has 0 radical (unpaired) electrons. The number of thiazole rings is 1. The summed E-state index contributed by atoms with van der Waals surface area (Å²) < 4.78 is 10.6. The Kier molecular flexibility index (Phi) is 5.01. The standard InChI is InChI=1S/C14H19N3O4S/c18-12(10-3-1-5-20-10)15-7-9-8-22-14(16-9)17-13(19)11-4-2-6-21-11/h8,10-11H,1-7H2,(H,15,18)(H,16,17,19)/t10-,11+/m1/s1. The number of amides is 2. The molecule has 0 aromatic carbocycles. The number of ether oxygens (including phenoxy) is 2. The van der Waals surface area contributed by atoms with Crippen LogP contribution in [0.4, 0.5) is 5.13 Å². The van der Waals surface area contributed by atoms with E-state index >= 15 is 0 Å². The van der Waals surface area contributed by atoms with Gasteiger partial charge in [0, 0.05) is 18.6 Å². The minimum absolute atomic E-state index is 0.101. The van der Waals surface area contributed by atoms with Crippen LogP contribution in [0.25, 0.3) is 0 Å². The molecular formula is C14H19N3O4S. The third kappa shape index (κ3) is 3.82. The van der Waals surface area contributed by atoms with Crippen molar-refractivity contribution in [1.82, 2.24) is 10.3 Å². The van der Waals surface area contributed by atoms with Gasteiger partial charge >= 0.3 is 0 Å². The van der Waals surface area contributed by atoms with E-state index in [1.807, 2.05) is 5.38 Å². The molecule has 0 saturated carbocycles. The monoisotopic (exact) mass is 325 g/mol. The SMILES string of the molecule is O=C(Nc1nc(CNC(=O)[C@H]2CCCO2)cs1)[C@@H]1CCCO1. The Hall–Kier alpha value is -1.51. The first-order chi connectivity index (χ1) is 10.7. The van der Waals surface area contributed by atoms with Gasteiger partial charge in [0.15, 0.2) is 5.13 Å². The van der Waals surface area contributed by atoms with Gasteiger partial charge in [0.25, 0.3) is 5.91 Å². The molecule has 2 aliphatic heterocycles. The molecular weight excluding hydrogens is 306 g/mol. The first-order valence-electron chi connectivity index (χ1n) is 7.48. The van der Waals surface area contributed by atoms with Crippen molar-refractivity contribution in [2.75, 3.05) is 18.5 Å². The topological polar surface area (TPSA) is 89.6 Å². The summed E-state index contributed by atoms with van der Waals surface area (Å²) >= 11 is 1.34. The Balaban J connectivity index is 1.46. The van der Waals surface area contributed by atoms with Gasteiger partial charge < -0.3 is 14.8 Å². The van der Waals surface area contributed by atoms with Crippen molar-refractivity contribution in [3.63, 3.8) is 0 Å². The summed E-state index contributed by atoms with van der Waals surface area (Å²) in [4.78, 5) is 28.0. The van der Waals surface area contributed by atoms with Crippen molar-refractivity contribution in [3.8, 4) is 0 Å². The number of hydrogen-bond donors (Lipinski definition) is 2. The average Bonchev–Trinajstić information content (AvgIpc) is 3.25. The number of hydrogen-bond acceptors (Lipinski definition) is 6. The molecule has 2 aliphatic rings. The van der Waals surface area contributed by atoms with E-state index in [1.54, 1.807) is 0 Å². The van der Waals surface area contributed by atoms with Crippen LogP contribution in [0, 0.1) is 0 Å². The molecule has 1 aromatic heterocycles. The normalized spacial score (nSPS) is 24.4. The lowest BCUT2D eigenvalue weighted by atomic mass is 10.2. The summed E-state index contributed by atoms with van der Waals surface area (Å²) in [5.74, 6) is -0.253. The molecule has 2 amide bonds. The quantitative estimate of drug-likeness (QED) is 0.845. The van der Waals surface area contributed by atoms with Crippen LogP contribution in [-0.4, -0.2) is 42.2 Å². The number of nitrogens with one attached hydrogen (secondary N) is 2. The highest BCUT2D eigenvalue weighted by Gasteiger charge is 2.25. The Bertz CT molecular complexity index is 536. The van der Waals surface area contributed by atoms with E-state index in [9.17, 15) is 9.59 Å². The van der Waals surface area contributed by atoms with Crippen LogP contribution < -0.4 is 10.6 Å². The van der Waals surface area contributed by atoms with Gasteiger partial charge in [0.05, 0.1) is 12.2 Å². The van der Waals surface area contributed by atoms with E-state index in [-0.39, 0.29) is 24.0 Å². The van der Waals surface area contributed by atoms with Crippen LogP contribution >= 0.6 is 11.3 Å². The molecule has 0 aliphatic carbocycles. The van der Waals surface area contributed by atoms with Crippen molar-refractivity contribution in [1.29, 1.82) is 0 Å². The number of anilines is 1. The van der Waals surface area contributed by atoms with Gasteiger partial charge in [-0.2, -0.15) is 0 Å². The molecule has 2 saturated heterocycles. The van der Waals surface area contributed by atoms with Crippen molar-refractivity contribution < 1.29 is 19.1 Å². The van der Waals surface area contributed by atoms with Crippen LogP contribution in [-0.2, 0) is 25.6 Å². The molecule has 8 heteroatoms. The Morgan fingerprint density at radius 1 is 1.18 bits per heavy atom. The minimum atomic E-state index is -0.369. The van der Waals surface area contributed by atoms with Crippen LogP contribution in [0.5, 0.6) is 0 Å². The van der Waals surface area contributed by atoms with Gasteiger partial charge in [-0.15, -0.1) is 11.3 Å². The van der Waals surface area contributed by atoms with E-state index < -0.39 is 0 Å². The second kappa shape index (κ2) is 7.17. The number of aromatic nitrogens is 1. The van der Waals surface area contributed by atoms with E-state index in [1.165, 1.54) is 11.3 Å². The maximum absolute atomic E-state index is 11.9. The first kappa shape index (κ1) is 15.4. The highest BCUT2D eigenvalue weighted by Crippen LogP contribution is 2.19. The number of rotatable bonds is 5. The molecule has 120 valence electrons. The largest absolute Gasteiger partial charge is 0.368 e. The van der Waals surface area contributed by atoms with Crippen molar-refractivity contribution in [2.45, 2.75) is 44.4 Å². The summed E-state index contributed by atoms with van der Waals surface area (Å²) in [5, 5.41) is 7.91. The van der Waals surface area contributed by atoms with Gasteiger partial charge in [-0.05, 0) is 25.7 Å². The fraction of sp³-hybridized carbons (Fsp3) is 0.643. The lowest BCUT2D eigenvalue weighted by Gasteiger charge is -2.09. The van der Waals surface area contributed by atoms with E-state index in [4.69, 9.17) is 9.47 Å². The molecule has 7 nitrogen and oxygen atoms in total. The lowest BCUT2D eigenvalue weighted by molar-refractivity contribution is -0.130. The maximum Gasteiger partial charge on any atom is 0.255 e. The van der Waals surface area contributed by atoms with Crippen molar-refractivity contribution in [3.05, 3.63) is 11.1 Å². The third-order valence-electron chi connectivity index (χ3n) is 3.67. The maximum atomic E-state index is 11.9. The molecule has 3 rings (SSSR count). The molecule has 0 unspecified atom stereocenters. The summed E-state index contributed by atoms with van der Waals surface area (Å²) in [6.07, 6.45) is 2.65. The molecule has 2 atom stereocenters. The smallest absolute Gasteiger partial charge is 0.255 e. The number of carbonyl (C=O) groups excluding carboxylic acids is 2. The summed E-state index contributed by atoms with van der Waals surface area (Å²) in [6.45, 7) is 1.62. The second-order valence-corrected chi connectivity index (χ2v) is 6.21. The summed E-state index contributed by atoms with van der Waals surface area (Å²) in [7, 11) is 0. The lowest BCUT2D eigenvalue weighted by Crippen LogP contribution is -2.33. The first-order valence-corrected chi connectivity index (χ1v) is 8.36. The summed E-state index contributed by atoms with van der Waals surface area (Å²) in [5.41, 5.74) is 0.721. The number of carbonyl (C=O) groups is 2. The third-order valence-corrected chi connectivity index (χ3v) is 4.48. The van der Waals surface area contributed by atoms with Crippen molar-refractivity contribution >= 4 is 28.3 Å². The average molecular weight is 325 g/mol. The minimum Gasteiger partial charge on any atom is -0.368 e. The molecule has 3 heterocycles. The molecule has 2 fully saturated rings. The van der Waals surface area contributed by atoms with Crippen LogP contribution in [0.15, 0.2) is 5.38 Å². The fourth-order valence-electron chi connectivity index (χ4n) is 2.49. The fourth-order valence-corrected chi connectivity index (χ4v) is 3.21. The van der Waals surface area contributed by atoms with Crippen LogP contribution in [0.3, 0.4) is 0 Å².